The van der Waals surface area contributed by atoms with Gasteiger partial charge in [-0.05, 0) is 12.8 Å². The van der Waals surface area contributed by atoms with Gasteiger partial charge in [0, 0.05) is 6.61 Å². The predicted octanol–water partition coefficient (Wildman–Crippen LogP) is 4.37. The van der Waals surface area contributed by atoms with E-state index in [0.29, 0.717) is 6.79 Å². The molecular weight excluding hydrogens is 339 g/mol. The normalized spacial score (nSPS) is 10.9. The Balaban J connectivity index is 2.96. The molecule has 0 heterocycles. The topological polar surface area (TPSA) is 18.5 Å². The molecular formula is C13H25IMgO2. The van der Waals surface area contributed by atoms with Crippen LogP contribution in [0.25, 0.3) is 0 Å². The Bertz CT molecular complexity index is 165. The Morgan fingerprint density at radius 2 is 1.76 bits per heavy atom. The summed E-state index contributed by atoms with van der Waals surface area (Å²) in [6.45, 7) is 4.31. The van der Waals surface area contributed by atoms with Crippen LogP contribution in [-0.2, 0) is 9.47 Å². The van der Waals surface area contributed by atoms with E-state index in [1.54, 1.807) is 0 Å². The second-order valence-electron chi connectivity index (χ2n) is 4.09. The molecule has 0 rings (SSSR count). The number of rotatable bonds is 13. The molecule has 0 saturated carbocycles. The van der Waals surface area contributed by atoms with Crippen molar-refractivity contribution in [1.82, 2.24) is 0 Å². The predicted molar refractivity (Wildman–Crippen MR) is 83.9 cm³/mol. The van der Waals surface area contributed by atoms with Crippen LogP contribution in [0.1, 0.15) is 45.4 Å². The molecule has 0 amide bonds. The van der Waals surface area contributed by atoms with E-state index in [1.165, 1.54) is 30.2 Å². The Kier molecular flexibility index (Phi) is 18.3. The van der Waals surface area contributed by atoms with Crippen molar-refractivity contribution in [3.63, 3.8) is 0 Å². The summed E-state index contributed by atoms with van der Waals surface area (Å²) >= 11 is 2.77. The Hall–Kier alpha value is 1.16. The largest absolute Gasteiger partial charge is 0.464 e. The molecule has 0 aromatic heterocycles. The van der Waals surface area contributed by atoms with Crippen molar-refractivity contribution in [2.45, 2.75) is 50.0 Å². The minimum absolute atomic E-state index is 0.221. The molecule has 0 aliphatic rings. The van der Waals surface area contributed by atoms with E-state index in [9.17, 15) is 0 Å². The summed E-state index contributed by atoms with van der Waals surface area (Å²) < 4.78 is 12.2. The van der Waals surface area contributed by atoms with Crippen LogP contribution >= 0.6 is 18.9 Å². The molecule has 0 atom stereocenters. The summed E-state index contributed by atoms with van der Waals surface area (Å²) in [5, 5.41) is 0. The average Bonchev–Trinajstić information content (AvgIpc) is 2.35. The lowest BCUT2D eigenvalue weighted by Crippen LogP contribution is -2.02. The van der Waals surface area contributed by atoms with Crippen molar-refractivity contribution < 1.29 is 9.47 Å². The molecule has 2 nitrogen and oxygen atoms in total. The van der Waals surface area contributed by atoms with E-state index in [1.807, 2.05) is 0 Å². The zero-order chi connectivity index (χ0) is 12.6. The molecule has 0 fully saturated rings. The average molecular weight is 365 g/mol. The van der Waals surface area contributed by atoms with Gasteiger partial charge in [0.1, 0.15) is 6.79 Å². The summed E-state index contributed by atoms with van der Waals surface area (Å²) in [6.07, 6.45) is 11.8. The van der Waals surface area contributed by atoms with Gasteiger partial charge in [0.05, 0.1) is 6.61 Å². The molecule has 0 N–H and O–H groups in total. The molecule has 0 aliphatic carbocycles. The van der Waals surface area contributed by atoms with Crippen molar-refractivity contribution in [2.24, 2.45) is 0 Å². The SMILES string of the molecule is CCCCCCOCOCC/C=C\C[CH2][Mg][I]. The maximum atomic E-state index is 5.38. The van der Waals surface area contributed by atoms with Gasteiger partial charge < -0.3 is 28.3 Å². The number of ether oxygens (including phenoxy) is 2. The third-order valence-electron chi connectivity index (χ3n) is 2.41. The van der Waals surface area contributed by atoms with E-state index in [2.05, 4.69) is 37.9 Å². The summed E-state index contributed by atoms with van der Waals surface area (Å²) in [4.78, 5) is 0. The lowest BCUT2D eigenvalue weighted by molar-refractivity contribution is -0.0531. The van der Waals surface area contributed by atoms with Crippen LogP contribution in [0.2, 0.25) is 4.55 Å². The highest BCUT2D eigenvalue weighted by Crippen LogP contribution is 1.99. The Morgan fingerprint density at radius 1 is 1.00 bits per heavy atom. The zero-order valence-electron chi connectivity index (χ0n) is 11.1. The quantitative estimate of drug-likeness (QED) is 0.159. The fourth-order valence-electron chi connectivity index (χ4n) is 1.39. The first-order chi connectivity index (χ1) is 8.41. The van der Waals surface area contributed by atoms with Crippen molar-refractivity contribution in [1.29, 1.82) is 0 Å². The minimum Gasteiger partial charge on any atom is -0.355 e. The van der Waals surface area contributed by atoms with Gasteiger partial charge >= 0.3 is 16.5 Å². The van der Waals surface area contributed by atoms with Crippen molar-refractivity contribution in [2.75, 3.05) is 20.0 Å². The van der Waals surface area contributed by atoms with Crippen molar-refractivity contribution in [3.8, 4) is 0 Å². The standard InChI is InChI=1S/C13H25O2.HI.Mg/c1-3-5-7-9-11-14-13-15-12-10-8-6-4-2;;/h5,7H,1,3-4,6,8-13H2,2H3;1H;/q;;+1/p-1/b7-5-;;. The summed E-state index contributed by atoms with van der Waals surface area (Å²) in [7, 11) is 0. The maximum absolute atomic E-state index is 5.38. The Labute approximate surface area is 126 Å². The second-order valence-corrected chi connectivity index (χ2v) is 8.41. The van der Waals surface area contributed by atoms with Gasteiger partial charge in [-0.15, -0.1) is 4.55 Å². The first kappa shape index (κ1) is 18.2. The highest BCUT2D eigenvalue weighted by molar-refractivity contribution is 14.1. The minimum atomic E-state index is 0.221. The highest BCUT2D eigenvalue weighted by Gasteiger charge is 1.90. The van der Waals surface area contributed by atoms with Crippen LogP contribution in [0.3, 0.4) is 0 Å². The highest BCUT2D eigenvalue weighted by atomic mass is 127. The third-order valence-corrected chi connectivity index (χ3v) is 5.37. The molecule has 0 radical (unpaired) electrons. The van der Waals surface area contributed by atoms with E-state index in [-0.39, 0.29) is 16.5 Å². The van der Waals surface area contributed by atoms with E-state index in [0.717, 1.165) is 26.1 Å². The molecule has 0 bridgehead atoms. The van der Waals surface area contributed by atoms with Crippen LogP contribution in [-0.4, -0.2) is 36.5 Å². The molecule has 98 valence electrons. The monoisotopic (exact) mass is 364 g/mol. The Morgan fingerprint density at radius 3 is 2.53 bits per heavy atom. The van der Waals surface area contributed by atoms with Gasteiger partial charge in [0.25, 0.3) is 0 Å². The van der Waals surface area contributed by atoms with E-state index < -0.39 is 0 Å². The third kappa shape index (κ3) is 17.2. The van der Waals surface area contributed by atoms with Crippen molar-refractivity contribution >= 4 is 35.3 Å². The van der Waals surface area contributed by atoms with E-state index >= 15 is 0 Å². The fourth-order valence-corrected chi connectivity index (χ4v) is 3.10. The van der Waals surface area contributed by atoms with Gasteiger partial charge in [0.15, 0.2) is 0 Å². The van der Waals surface area contributed by atoms with Crippen LogP contribution in [0, 0.1) is 0 Å². The van der Waals surface area contributed by atoms with Gasteiger partial charge in [-0.25, -0.2) is 0 Å². The molecule has 17 heavy (non-hydrogen) atoms. The lowest BCUT2D eigenvalue weighted by Gasteiger charge is -2.04. The van der Waals surface area contributed by atoms with Gasteiger partial charge in [-0.1, -0.05) is 44.8 Å². The number of hydrogen-bond acceptors (Lipinski definition) is 2. The van der Waals surface area contributed by atoms with Gasteiger partial charge in [-0.2, -0.15) is 0 Å². The first-order valence-corrected chi connectivity index (χ1v) is 12.9. The van der Waals surface area contributed by atoms with Crippen LogP contribution in [0.15, 0.2) is 12.2 Å². The molecule has 0 aromatic carbocycles. The summed E-state index contributed by atoms with van der Waals surface area (Å²) in [6, 6.07) is 0. The number of allylic oxidation sites excluding steroid dienone is 1. The summed E-state index contributed by atoms with van der Waals surface area (Å²) in [5.74, 6) is 0. The molecule has 0 unspecified atom stereocenters. The molecule has 4 heteroatoms. The van der Waals surface area contributed by atoms with Crippen LogP contribution < -0.4 is 0 Å². The second kappa shape index (κ2) is 17.2. The van der Waals surface area contributed by atoms with E-state index in [4.69, 9.17) is 9.47 Å². The van der Waals surface area contributed by atoms with Crippen LogP contribution in [0.4, 0.5) is 0 Å². The maximum Gasteiger partial charge on any atom is 0.464 e. The fraction of sp³-hybridized carbons (Fsp3) is 0.846. The van der Waals surface area contributed by atoms with Crippen LogP contribution in [0.5, 0.6) is 0 Å². The number of unbranched alkanes of at least 4 members (excludes halogenated alkanes) is 3. The summed E-state index contributed by atoms with van der Waals surface area (Å²) in [5.41, 5.74) is 0. The zero-order valence-corrected chi connectivity index (χ0v) is 14.7. The van der Waals surface area contributed by atoms with Gasteiger partial charge in [-0.3, -0.25) is 0 Å². The number of hydrogen-bond donors (Lipinski definition) is 0. The number of halogens is 1. The smallest absolute Gasteiger partial charge is 0.355 e. The lowest BCUT2D eigenvalue weighted by atomic mass is 10.2. The molecule has 0 aliphatic heterocycles. The van der Waals surface area contributed by atoms with Gasteiger partial charge in [0.2, 0.25) is 0 Å². The molecule has 0 spiro atoms. The molecule has 0 aromatic rings. The molecule has 0 saturated heterocycles. The van der Waals surface area contributed by atoms with Crippen molar-refractivity contribution in [3.05, 3.63) is 12.2 Å². The first-order valence-electron chi connectivity index (χ1n) is 6.78.